The van der Waals surface area contributed by atoms with E-state index in [-0.39, 0.29) is 23.4 Å². The quantitative estimate of drug-likeness (QED) is 0.584. The Hall–Kier alpha value is -2.61. The lowest BCUT2D eigenvalue weighted by Gasteiger charge is -2.25. The van der Waals surface area contributed by atoms with E-state index in [2.05, 4.69) is 20.3 Å². The number of pyridine rings is 2. The van der Waals surface area contributed by atoms with Crippen LogP contribution >= 0.6 is 0 Å². The van der Waals surface area contributed by atoms with Crippen LogP contribution in [-0.4, -0.2) is 35.1 Å². The minimum Gasteiger partial charge on any atom is -0.383 e. The van der Waals surface area contributed by atoms with Crippen LogP contribution in [-0.2, 0) is 4.74 Å². The minimum atomic E-state index is -2.66. The summed E-state index contributed by atoms with van der Waals surface area (Å²) in [5.41, 5.74) is 7.66. The van der Waals surface area contributed by atoms with Crippen LogP contribution in [0.4, 0.5) is 20.3 Å². The van der Waals surface area contributed by atoms with Crippen molar-refractivity contribution in [2.24, 2.45) is 10.7 Å². The fourth-order valence-corrected chi connectivity index (χ4v) is 2.79. The second-order valence-electron chi connectivity index (χ2n) is 6.12. The van der Waals surface area contributed by atoms with E-state index in [0.717, 1.165) is 18.5 Å². The summed E-state index contributed by atoms with van der Waals surface area (Å²) in [5, 5.41) is 3.43. The molecule has 1 aliphatic rings. The second kappa shape index (κ2) is 10.7. The fourth-order valence-electron chi connectivity index (χ4n) is 2.79. The predicted octanol–water partition coefficient (Wildman–Crippen LogP) is 4.38. The van der Waals surface area contributed by atoms with Gasteiger partial charge >= 0.3 is 0 Å². The molecule has 0 unspecified atom stereocenters. The number of amidine groups is 1. The molecule has 0 bridgehead atoms. The van der Waals surface area contributed by atoms with E-state index in [1.807, 2.05) is 19.9 Å². The summed E-state index contributed by atoms with van der Waals surface area (Å²) in [4.78, 5) is 12.2. The average molecular weight is 391 g/mol. The molecule has 3 heterocycles. The molecule has 2 aromatic heterocycles. The van der Waals surface area contributed by atoms with Crippen LogP contribution in [0.1, 0.15) is 49.9 Å². The minimum absolute atomic E-state index is 0.143. The van der Waals surface area contributed by atoms with Gasteiger partial charge < -0.3 is 15.8 Å². The van der Waals surface area contributed by atoms with Gasteiger partial charge in [0.1, 0.15) is 11.5 Å². The van der Waals surface area contributed by atoms with Crippen LogP contribution in [0.5, 0.6) is 0 Å². The van der Waals surface area contributed by atoms with Crippen LogP contribution in [0.2, 0.25) is 0 Å². The Morgan fingerprint density at radius 3 is 2.64 bits per heavy atom. The number of ether oxygens (including phenoxy) is 1. The summed E-state index contributed by atoms with van der Waals surface area (Å²) in [7, 11) is 0. The zero-order chi connectivity index (χ0) is 20.5. The molecule has 2 aromatic rings. The number of nitrogens with zero attached hydrogens (tertiary/aromatic N) is 3. The van der Waals surface area contributed by atoms with Crippen molar-refractivity contribution in [1.29, 1.82) is 0 Å². The van der Waals surface area contributed by atoms with Crippen LogP contribution in [0, 0.1) is 6.92 Å². The summed E-state index contributed by atoms with van der Waals surface area (Å²) < 4.78 is 31.4. The maximum absolute atomic E-state index is 13.0. The average Bonchev–Trinajstić information content (AvgIpc) is 2.72. The number of aliphatic imine (C=N–C) groups is 1. The highest BCUT2D eigenvalue weighted by Crippen LogP contribution is 2.24. The first-order chi connectivity index (χ1) is 13.5. The lowest BCUT2D eigenvalue weighted by molar-refractivity contribution is 0.0904. The van der Waals surface area contributed by atoms with Crippen molar-refractivity contribution in [3.8, 4) is 0 Å². The second-order valence-corrected chi connectivity index (χ2v) is 6.12. The monoisotopic (exact) mass is 391 g/mol. The van der Waals surface area contributed by atoms with E-state index in [1.54, 1.807) is 31.5 Å². The molecule has 0 spiro atoms. The molecule has 0 radical (unpaired) electrons. The molecule has 1 fully saturated rings. The Morgan fingerprint density at radius 1 is 1.25 bits per heavy atom. The van der Waals surface area contributed by atoms with Crippen molar-refractivity contribution >= 4 is 17.3 Å². The van der Waals surface area contributed by atoms with Gasteiger partial charge in [0.15, 0.2) is 5.82 Å². The van der Waals surface area contributed by atoms with Gasteiger partial charge in [-0.15, -0.1) is 0 Å². The fraction of sp³-hybridized carbons (Fsp3) is 0.450. The zero-order valence-electron chi connectivity index (χ0n) is 16.5. The van der Waals surface area contributed by atoms with E-state index < -0.39 is 6.43 Å². The first kappa shape index (κ1) is 21.7. The van der Waals surface area contributed by atoms with Gasteiger partial charge in [0.25, 0.3) is 6.43 Å². The van der Waals surface area contributed by atoms with Crippen LogP contribution in [0.3, 0.4) is 0 Å². The van der Waals surface area contributed by atoms with Gasteiger partial charge in [0.2, 0.25) is 0 Å². The third kappa shape index (κ3) is 5.69. The Labute approximate surface area is 164 Å². The molecule has 28 heavy (non-hydrogen) atoms. The molecule has 0 aliphatic carbocycles. The number of aromatic nitrogens is 2. The number of hydrogen-bond donors (Lipinski definition) is 2. The highest BCUT2D eigenvalue weighted by Gasteiger charge is 2.17. The highest BCUT2D eigenvalue weighted by atomic mass is 19.3. The largest absolute Gasteiger partial charge is 0.383 e. The third-order valence-electron chi connectivity index (χ3n) is 4.24. The van der Waals surface area contributed by atoms with Crippen molar-refractivity contribution in [2.75, 3.05) is 18.5 Å². The molecular weight excluding hydrogens is 364 g/mol. The molecule has 3 N–H and O–H groups in total. The predicted molar refractivity (Wildman–Crippen MR) is 107 cm³/mol. The van der Waals surface area contributed by atoms with Gasteiger partial charge in [-0.3, -0.25) is 4.98 Å². The molecule has 152 valence electrons. The smallest absolute Gasteiger partial charge is 0.280 e. The van der Waals surface area contributed by atoms with Crippen LogP contribution in [0.15, 0.2) is 35.6 Å². The molecule has 1 aliphatic heterocycles. The number of rotatable bonds is 5. The van der Waals surface area contributed by atoms with Crippen LogP contribution < -0.4 is 11.1 Å². The number of anilines is 1. The summed E-state index contributed by atoms with van der Waals surface area (Å²) in [6.45, 7) is 7.01. The van der Waals surface area contributed by atoms with E-state index in [4.69, 9.17) is 10.5 Å². The number of hydrogen-bond acceptors (Lipinski definition) is 5. The number of halogens is 2. The standard InChI is InChI=1S/C18H21F2N5O.C2H6/c1-11-2-3-15(24-16(11)17(19)20)25-18(21)13-10-22-7-4-14(13)23-12-5-8-26-9-6-12;1-2/h2-4,7,10,12,17H,5-6,8-9H2,1H3,(H,22,23)(H2,21,24,25);1-2H3. The maximum atomic E-state index is 13.0. The SMILES string of the molecule is CC.Cc1ccc(N=C(N)c2cnccc2NC2CCOCC2)nc1C(F)F. The van der Waals surface area contributed by atoms with Gasteiger partial charge in [-0.2, -0.15) is 0 Å². The normalized spacial score (nSPS) is 15.1. The van der Waals surface area contributed by atoms with Gasteiger partial charge in [-0.1, -0.05) is 19.9 Å². The molecule has 0 saturated carbocycles. The van der Waals surface area contributed by atoms with E-state index in [9.17, 15) is 8.78 Å². The number of alkyl halides is 2. The van der Waals surface area contributed by atoms with Crippen molar-refractivity contribution in [1.82, 2.24) is 9.97 Å². The van der Waals surface area contributed by atoms with Gasteiger partial charge in [-0.25, -0.2) is 18.8 Å². The molecule has 0 aromatic carbocycles. The van der Waals surface area contributed by atoms with Gasteiger partial charge in [0.05, 0.1) is 5.56 Å². The third-order valence-corrected chi connectivity index (χ3v) is 4.24. The van der Waals surface area contributed by atoms with Crippen molar-refractivity contribution in [3.63, 3.8) is 0 Å². The molecular formula is C20H27F2N5O. The van der Waals surface area contributed by atoms with E-state index in [0.29, 0.717) is 24.3 Å². The molecule has 6 nitrogen and oxygen atoms in total. The molecule has 3 rings (SSSR count). The lowest BCUT2D eigenvalue weighted by atomic mass is 10.1. The summed E-state index contributed by atoms with van der Waals surface area (Å²) in [5.74, 6) is 0.313. The molecule has 0 atom stereocenters. The zero-order valence-corrected chi connectivity index (χ0v) is 16.5. The first-order valence-corrected chi connectivity index (χ1v) is 9.43. The maximum Gasteiger partial charge on any atom is 0.280 e. The molecule has 1 saturated heterocycles. The number of nitrogens with two attached hydrogens (primary N) is 1. The summed E-state index contributed by atoms with van der Waals surface area (Å²) >= 11 is 0. The Bertz CT molecular complexity index is 792. The summed E-state index contributed by atoms with van der Waals surface area (Å²) in [6.07, 6.45) is 2.40. The van der Waals surface area contributed by atoms with Gasteiger partial charge in [-0.05, 0) is 37.5 Å². The molecule has 8 heteroatoms. The molecule has 0 amide bonds. The first-order valence-electron chi connectivity index (χ1n) is 9.43. The van der Waals surface area contributed by atoms with E-state index in [1.165, 1.54) is 0 Å². The lowest BCUT2D eigenvalue weighted by Crippen LogP contribution is -2.29. The number of nitrogens with one attached hydrogen (secondary N) is 1. The highest BCUT2D eigenvalue weighted by molar-refractivity contribution is 6.03. The number of aryl methyl sites for hydroxylation is 1. The topological polar surface area (TPSA) is 85.4 Å². The Morgan fingerprint density at radius 2 is 1.96 bits per heavy atom. The Kier molecular flexibility index (Phi) is 8.25. The van der Waals surface area contributed by atoms with E-state index >= 15 is 0 Å². The summed E-state index contributed by atoms with van der Waals surface area (Å²) in [6, 6.07) is 5.22. The Balaban J connectivity index is 0.00000136. The van der Waals surface area contributed by atoms with Crippen LogP contribution in [0.25, 0.3) is 0 Å². The van der Waals surface area contributed by atoms with Crippen molar-refractivity contribution in [2.45, 2.75) is 46.1 Å². The van der Waals surface area contributed by atoms with Crippen molar-refractivity contribution < 1.29 is 13.5 Å². The van der Waals surface area contributed by atoms with Crippen molar-refractivity contribution in [3.05, 3.63) is 47.4 Å². The van der Waals surface area contributed by atoms with Gasteiger partial charge in [0, 0.05) is 37.3 Å².